The van der Waals surface area contributed by atoms with Crippen molar-refractivity contribution in [2.24, 2.45) is 0 Å². The van der Waals surface area contributed by atoms with E-state index >= 15 is 0 Å². The molecule has 0 radical (unpaired) electrons. The Hall–Kier alpha value is -3.84. The van der Waals surface area contributed by atoms with Crippen molar-refractivity contribution in [1.29, 1.82) is 0 Å². The molecule has 0 aliphatic carbocycles. The van der Waals surface area contributed by atoms with Gasteiger partial charge in [0, 0.05) is 46.4 Å². The SMILES string of the molecule is CCN(CC)CCCn1cc(C2=C(c3c[nH]c4ccccc34)C(=O)NC2=O)c2c(O)cccc21. The number of nitrogens with one attached hydrogen (secondary N) is 2. The molecule has 2 aromatic carbocycles. The number of imide groups is 1. The fraction of sp³-hybridized carbons (Fsp3) is 0.259. The number of hydrogen-bond acceptors (Lipinski definition) is 4. The summed E-state index contributed by atoms with van der Waals surface area (Å²) in [5, 5.41) is 14.7. The summed E-state index contributed by atoms with van der Waals surface area (Å²) >= 11 is 0. The van der Waals surface area contributed by atoms with E-state index in [1.54, 1.807) is 18.3 Å². The number of carbonyl (C=O) groups excluding carboxylic acids is 2. The van der Waals surface area contributed by atoms with E-state index in [1.165, 1.54) is 0 Å². The van der Waals surface area contributed by atoms with Crippen molar-refractivity contribution < 1.29 is 14.7 Å². The van der Waals surface area contributed by atoms with Crippen LogP contribution >= 0.6 is 0 Å². The van der Waals surface area contributed by atoms with Gasteiger partial charge in [0.1, 0.15) is 5.75 Å². The molecule has 2 amide bonds. The maximum absolute atomic E-state index is 13.1. The average molecular weight is 457 g/mol. The highest BCUT2D eigenvalue weighted by molar-refractivity contribution is 6.50. The number of phenolic OH excluding ortho intramolecular Hbond substituents is 1. The Morgan fingerprint density at radius 3 is 2.44 bits per heavy atom. The van der Waals surface area contributed by atoms with Crippen LogP contribution in [-0.2, 0) is 16.1 Å². The van der Waals surface area contributed by atoms with Crippen LogP contribution in [0.2, 0.25) is 0 Å². The Kier molecular flexibility index (Phi) is 5.71. The zero-order valence-electron chi connectivity index (χ0n) is 19.4. The molecular weight excluding hydrogens is 428 g/mol. The first-order valence-corrected chi connectivity index (χ1v) is 11.7. The number of phenols is 1. The molecular formula is C27H28N4O3. The van der Waals surface area contributed by atoms with E-state index in [4.69, 9.17) is 0 Å². The molecule has 34 heavy (non-hydrogen) atoms. The lowest BCUT2D eigenvalue weighted by atomic mass is 9.95. The maximum Gasteiger partial charge on any atom is 0.259 e. The zero-order chi connectivity index (χ0) is 23.8. The van der Waals surface area contributed by atoms with Gasteiger partial charge in [0.05, 0.1) is 16.7 Å². The predicted octanol–water partition coefficient (Wildman–Crippen LogP) is 4.13. The molecule has 4 aromatic rings. The van der Waals surface area contributed by atoms with Crippen molar-refractivity contribution in [1.82, 2.24) is 19.8 Å². The van der Waals surface area contributed by atoms with Gasteiger partial charge in [-0.1, -0.05) is 38.1 Å². The number of H-pyrrole nitrogens is 1. The van der Waals surface area contributed by atoms with Gasteiger partial charge < -0.3 is 19.6 Å². The van der Waals surface area contributed by atoms with Crippen molar-refractivity contribution in [2.75, 3.05) is 19.6 Å². The second kappa shape index (κ2) is 8.83. The fourth-order valence-electron chi connectivity index (χ4n) is 4.96. The molecule has 0 unspecified atom stereocenters. The second-order valence-corrected chi connectivity index (χ2v) is 8.57. The summed E-state index contributed by atoms with van der Waals surface area (Å²) in [5.41, 5.74) is 3.59. The molecule has 7 nitrogen and oxygen atoms in total. The molecule has 1 aliphatic rings. The number of aromatic amines is 1. The van der Waals surface area contributed by atoms with E-state index in [9.17, 15) is 14.7 Å². The van der Waals surface area contributed by atoms with Gasteiger partial charge in [-0.25, -0.2) is 0 Å². The van der Waals surface area contributed by atoms with E-state index < -0.39 is 11.8 Å². The largest absolute Gasteiger partial charge is 0.507 e. The number of aryl methyl sites for hydroxylation is 1. The van der Waals surface area contributed by atoms with Gasteiger partial charge in [-0.15, -0.1) is 0 Å². The van der Waals surface area contributed by atoms with Crippen molar-refractivity contribution in [3.63, 3.8) is 0 Å². The van der Waals surface area contributed by atoms with Crippen LogP contribution in [0.3, 0.4) is 0 Å². The number of carbonyl (C=O) groups is 2. The number of aromatic hydroxyl groups is 1. The third-order valence-electron chi connectivity index (χ3n) is 6.71. The minimum atomic E-state index is -0.448. The molecule has 5 rings (SSSR count). The van der Waals surface area contributed by atoms with Gasteiger partial charge in [-0.3, -0.25) is 14.9 Å². The third-order valence-corrected chi connectivity index (χ3v) is 6.71. The monoisotopic (exact) mass is 456 g/mol. The standard InChI is InChI=1S/C27H28N4O3/c1-3-30(4-2)13-8-14-31-16-19(23-21(31)11-7-12-22(23)32)25-24(26(33)29-27(25)34)18-15-28-20-10-6-5-9-17(18)20/h5-7,9-12,15-16,28,32H,3-4,8,13-14H2,1-2H3,(H,29,33,34). The molecule has 0 fully saturated rings. The molecule has 0 spiro atoms. The average Bonchev–Trinajstić information content (AvgIpc) is 3.50. The smallest absolute Gasteiger partial charge is 0.259 e. The summed E-state index contributed by atoms with van der Waals surface area (Å²) < 4.78 is 2.07. The Morgan fingerprint density at radius 2 is 1.68 bits per heavy atom. The number of para-hydroxylation sites is 1. The van der Waals surface area contributed by atoms with Crippen LogP contribution in [0.4, 0.5) is 0 Å². The van der Waals surface area contributed by atoms with Crippen molar-refractivity contribution in [3.05, 3.63) is 66.0 Å². The Balaban J connectivity index is 1.66. The van der Waals surface area contributed by atoms with Gasteiger partial charge in [0.15, 0.2) is 0 Å². The van der Waals surface area contributed by atoms with Crippen LogP contribution in [0.15, 0.2) is 54.9 Å². The number of amides is 2. The highest BCUT2D eigenvalue weighted by Crippen LogP contribution is 2.40. The van der Waals surface area contributed by atoms with Crippen LogP contribution in [0.25, 0.3) is 33.0 Å². The number of rotatable bonds is 8. The molecule has 0 saturated carbocycles. The number of nitrogens with zero attached hydrogens (tertiary/aromatic N) is 2. The minimum Gasteiger partial charge on any atom is -0.507 e. The predicted molar refractivity (Wildman–Crippen MR) is 134 cm³/mol. The van der Waals surface area contributed by atoms with Crippen LogP contribution in [-0.4, -0.2) is 51.0 Å². The maximum atomic E-state index is 13.1. The number of hydrogen-bond donors (Lipinski definition) is 3. The highest BCUT2D eigenvalue weighted by atomic mass is 16.3. The quantitative estimate of drug-likeness (QED) is 0.348. The molecule has 1 aliphatic heterocycles. The number of aromatic nitrogens is 2. The normalized spacial score (nSPS) is 14.2. The van der Waals surface area contributed by atoms with Crippen molar-refractivity contribution >= 4 is 44.8 Å². The molecule has 0 bridgehead atoms. The topological polar surface area (TPSA) is 90.4 Å². The van der Waals surface area contributed by atoms with Gasteiger partial charge in [-0.2, -0.15) is 0 Å². The van der Waals surface area contributed by atoms with Crippen LogP contribution in [0, 0.1) is 0 Å². The van der Waals surface area contributed by atoms with Gasteiger partial charge in [0.25, 0.3) is 11.8 Å². The molecule has 7 heteroatoms. The Labute approximate surface area is 197 Å². The first kappa shape index (κ1) is 22.0. The molecule has 3 N–H and O–H groups in total. The summed E-state index contributed by atoms with van der Waals surface area (Å²) in [6.07, 6.45) is 4.59. The minimum absolute atomic E-state index is 0.0907. The lowest BCUT2D eigenvalue weighted by Crippen LogP contribution is -2.24. The number of benzene rings is 2. The molecule has 0 saturated heterocycles. The van der Waals surface area contributed by atoms with Gasteiger partial charge in [0.2, 0.25) is 0 Å². The van der Waals surface area contributed by atoms with E-state index in [2.05, 4.69) is 33.6 Å². The summed E-state index contributed by atoms with van der Waals surface area (Å²) in [5.74, 6) is -0.786. The van der Waals surface area contributed by atoms with Gasteiger partial charge in [-0.05, 0) is 44.3 Å². The first-order valence-electron chi connectivity index (χ1n) is 11.7. The van der Waals surface area contributed by atoms with E-state index in [0.29, 0.717) is 27.7 Å². The summed E-state index contributed by atoms with van der Waals surface area (Å²) in [6.45, 7) is 8.00. The second-order valence-electron chi connectivity index (χ2n) is 8.57. The van der Waals surface area contributed by atoms with Crippen LogP contribution in [0.1, 0.15) is 31.4 Å². The summed E-state index contributed by atoms with van der Waals surface area (Å²) in [4.78, 5) is 31.6. The molecule has 0 atom stereocenters. The van der Waals surface area contributed by atoms with Crippen molar-refractivity contribution in [3.8, 4) is 5.75 Å². The van der Waals surface area contributed by atoms with Crippen LogP contribution < -0.4 is 5.32 Å². The van der Waals surface area contributed by atoms with Crippen LogP contribution in [0.5, 0.6) is 5.75 Å². The number of fused-ring (bicyclic) bond motifs is 2. The van der Waals surface area contributed by atoms with E-state index in [-0.39, 0.29) is 5.75 Å². The highest BCUT2D eigenvalue weighted by Gasteiger charge is 2.35. The fourth-order valence-corrected chi connectivity index (χ4v) is 4.96. The lowest BCUT2D eigenvalue weighted by Gasteiger charge is -2.18. The summed E-state index contributed by atoms with van der Waals surface area (Å²) in [6, 6.07) is 13.0. The molecule has 2 aromatic heterocycles. The van der Waals surface area contributed by atoms with Crippen molar-refractivity contribution in [2.45, 2.75) is 26.8 Å². The summed E-state index contributed by atoms with van der Waals surface area (Å²) in [7, 11) is 0. The Morgan fingerprint density at radius 1 is 0.941 bits per heavy atom. The molecule has 3 heterocycles. The van der Waals surface area contributed by atoms with E-state index in [1.807, 2.05) is 36.5 Å². The molecule has 174 valence electrons. The Bertz CT molecular complexity index is 1440. The first-order chi connectivity index (χ1) is 16.5. The van der Waals surface area contributed by atoms with E-state index in [0.717, 1.165) is 49.0 Å². The zero-order valence-corrected chi connectivity index (χ0v) is 19.4. The van der Waals surface area contributed by atoms with Gasteiger partial charge >= 0.3 is 0 Å². The third kappa shape index (κ3) is 3.58. The lowest BCUT2D eigenvalue weighted by molar-refractivity contribution is -0.122.